The van der Waals surface area contributed by atoms with E-state index in [-0.39, 0.29) is 11.6 Å². The van der Waals surface area contributed by atoms with Gasteiger partial charge in [-0.25, -0.2) is 9.89 Å². The fourth-order valence-corrected chi connectivity index (χ4v) is 1.42. The summed E-state index contributed by atoms with van der Waals surface area (Å²) in [7, 11) is 1.55. The third-order valence-electron chi connectivity index (χ3n) is 2.34. The lowest BCUT2D eigenvalue weighted by Gasteiger charge is -2.05. The van der Waals surface area contributed by atoms with Gasteiger partial charge in [0.2, 0.25) is 0 Å². The first-order valence-electron chi connectivity index (χ1n) is 5.34. The zero-order valence-corrected chi connectivity index (χ0v) is 9.73. The molecule has 0 bridgehead atoms. The van der Waals surface area contributed by atoms with Crippen LogP contribution in [0.25, 0.3) is 11.3 Å². The number of hydrogen-bond acceptors (Lipinski definition) is 3. The van der Waals surface area contributed by atoms with Crippen LogP contribution in [-0.2, 0) is 0 Å². The molecule has 18 heavy (non-hydrogen) atoms. The van der Waals surface area contributed by atoms with Crippen LogP contribution in [0.4, 0.5) is 10.5 Å². The van der Waals surface area contributed by atoms with Gasteiger partial charge in [-0.1, -0.05) is 12.1 Å². The van der Waals surface area contributed by atoms with Crippen LogP contribution < -0.4 is 16.2 Å². The van der Waals surface area contributed by atoms with Gasteiger partial charge in [0.05, 0.1) is 5.69 Å². The number of aromatic nitrogens is 2. The van der Waals surface area contributed by atoms with E-state index in [1.807, 2.05) is 12.1 Å². The van der Waals surface area contributed by atoms with E-state index in [9.17, 15) is 9.59 Å². The van der Waals surface area contributed by atoms with E-state index in [0.29, 0.717) is 11.4 Å². The van der Waals surface area contributed by atoms with Crippen molar-refractivity contribution in [2.45, 2.75) is 0 Å². The van der Waals surface area contributed by atoms with Gasteiger partial charge in [0.1, 0.15) is 0 Å². The Bertz CT molecular complexity index is 584. The molecule has 0 saturated carbocycles. The third kappa shape index (κ3) is 2.73. The monoisotopic (exact) mass is 244 g/mol. The fraction of sp³-hybridized carbons (Fsp3) is 0.0833. The van der Waals surface area contributed by atoms with Gasteiger partial charge >= 0.3 is 6.03 Å². The largest absolute Gasteiger partial charge is 0.341 e. The number of rotatable bonds is 2. The number of carbonyl (C=O) groups excluding carboxylic acids is 1. The summed E-state index contributed by atoms with van der Waals surface area (Å²) in [6.45, 7) is 0. The maximum atomic E-state index is 11.1. The van der Waals surface area contributed by atoms with Crippen molar-refractivity contribution in [2.24, 2.45) is 0 Å². The van der Waals surface area contributed by atoms with Crippen LogP contribution in [0.3, 0.4) is 0 Å². The van der Waals surface area contributed by atoms with E-state index in [1.54, 1.807) is 25.2 Å². The number of anilines is 1. The minimum absolute atomic E-state index is 0.239. The van der Waals surface area contributed by atoms with E-state index < -0.39 is 0 Å². The van der Waals surface area contributed by atoms with Crippen LogP contribution in [0, 0.1) is 0 Å². The summed E-state index contributed by atoms with van der Waals surface area (Å²) < 4.78 is 0. The maximum Gasteiger partial charge on any atom is 0.318 e. The summed E-state index contributed by atoms with van der Waals surface area (Å²) in [4.78, 5) is 22.0. The zero-order chi connectivity index (χ0) is 13.0. The van der Waals surface area contributed by atoms with Gasteiger partial charge in [-0.05, 0) is 18.2 Å². The normalized spacial score (nSPS) is 9.83. The second kappa shape index (κ2) is 5.13. The molecule has 1 heterocycles. The first kappa shape index (κ1) is 11.8. The molecule has 92 valence electrons. The standard InChI is InChI=1S/C12H12N4O2/c1-13-12(18)14-9-4-2-8(3-5-9)10-6-7-11(17)16-15-10/h2-7H,1H3,(H,16,17)(H2,13,14,18). The molecule has 2 amide bonds. The van der Waals surface area contributed by atoms with E-state index in [4.69, 9.17) is 0 Å². The average Bonchev–Trinajstić information content (AvgIpc) is 2.40. The molecule has 1 aromatic heterocycles. The van der Waals surface area contributed by atoms with Crippen molar-refractivity contribution in [1.29, 1.82) is 0 Å². The van der Waals surface area contributed by atoms with Gasteiger partial charge in [-0.2, -0.15) is 5.10 Å². The molecule has 1 aromatic carbocycles. The molecule has 2 rings (SSSR count). The van der Waals surface area contributed by atoms with Gasteiger partial charge < -0.3 is 10.6 Å². The van der Waals surface area contributed by atoms with E-state index in [2.05, 4.69) is 20.8 Å². The Morgan fingerprint density at radius 1 is 1.17 bits per heavy atom. The molecule has 0 fully saturated rings. The van der Waals surface area contributed by atoms with Gasteiger partial charge in [-0.3, -0.25) is 4.79 Å². The van der Waals surface area contributed by atoms with Crippen molar-refractivity contribution in [2.75, 3.05) is 12.4 Å². The first-order valence-corrected chi connectivity index (χ1v) is 5.34. The predicted molar refractivity (Wildman–Crippen MR) is 68.4 cm³/mol. The molecular weight excluding hydrogens is 232 g/mol. The molecular formula is C12H12N4O2. The third-order valence-corrected chi connectivity index (χ3v) is 2.34. The summed E-state index contributed by atoms with van der Waals surface area (Å²) in [6.07, 6.45) is 0. The average molecular weight is 244 g/mol. The Morgan fingerprint density at radius 3 is 2.44 bits per heavy atom. The topological polar surface area (TPSA) is 86.9 Å². The van der Waals surface area contributed by atoms with Gasteiger partial charge in [0.15, 0.2) is 0 Å². The molecule has 0 radical (unpaired) electrons. The quantitative estimate of drug-likeness (QED) is 0.741. The number of nitrogens with one attached hydrogen (secondary N) is 3. The highest BCUT2D eigenvalue weighted by Crippen LogP contribution is 2.17. The van der Waals surface area contributed by atoms with Crippen molar-refractivity contribution in [3.63, 3.8) is 0 Å². The molecule has 2 aromatic rings. The first-order chi connectivity index (χ1) is 8.69. The zero-order valence-electron chi connectivity index (χ0n) is 9.73. The minimum Gasteiger partial charge on any atom is -0.341 e. The molecule has 0 unspecified atom stereocenters. The smallest absolute Gasteiger partial charge is 0.318 e. The number of nitrogens with zero attached hydrogens (tertiary/aromatic N) is 1. The molecule has 0 aliphatic heterocycles. The summed E-state index contributed by atoms with van der Waals surface area (Å²) in [6, 6.07) is 9.93. The lowest BCUT2D eigenvalue weighted by molar-refractivity contribution is 0.254. The highest BCUT2D eigenvalue weighted by Gasteiger charge is 2.01. The Balaban J connectivity index is 2.19. The Morgan fingerprint density at radius 2 is 1.89 bits per heavy atom. The second-order valence-corrected chi connectivity index (χ2v) is 3.59. The van der Waals surface area contributed by atoms with Gasteiger partial charge in [-0.15, -0.1) is 0 Å². The van der Waals surface area contributed by atoms with Crippen LogP contribution >= 0.6 is 0 Å². The number of benzene rings is 1. The van der Waals surface area contributed by atoms with Crippen LogP contribution in [0.15, 0.2) is 41.2 Å². The van der Waals surface area contributed by atoms with Crippen molar-refractivity contribution in [3.8, 4) is 11.3 Å². The summed E-state index contributed by atoms with van der Waals surface area (Å²) in [5.74, 6) is 0. The van der Waals surface area contributed by atoms with Crippen molar-refractivity contribution < 1.29 is 4.79 Å². The van der Waals surface area contributed by atoms with E-state index >= 15 is 0 Å². The number of urea groups is 1. The van der Waals surface area contributed by atoms with Crippen molar-refractivity contribution in [1.82, 2.24) is 15.5 Å². The van der Waals surface area contributed by atoms with Crippen LogP contribution in [0.5, 0.6) is 0 Å². The minimum atomic E-state index is -0.273. The molecule has 3 N–H and O–H groups in total. The Hall–Kier alpha value is -2.63. The SMILES string of the molecule is CNC(=O)Nc1ccc(-c2ccc(=O)[nH]n2)cc1. The number of H-pyrrole nitrogens is 1. The summed E-state index contributed by atoms with van der Waals surface area (Å²) in [5, 5.41) is 11.4. The van der Waals surface area contributed by atoms with E-state index in [1.165, 1.54) is 6.07 Å². The lowest BCUT2D eigenvalue weighted by atomic mass is 10.1. The highest BCUT2D eigenvalue weighted by atomic mass is 16.2. The number of aromatic amines is 1. The van der Waals surface area contributed by atoms with Crippen molar-refractivity contribution in [3.05, 3.63) is 46.8 Å². The summed E-state index contributed by atoms with van der Waals surface area (Å²) >= 11 is 0. The molecule has 6 nitrogen and oxygen atoms in total. The number of amides is 2. The lowest BCUT2D eigenvalue weighted by Crippen LogP contribution is -2.24. The highest BCUT2D eigenvalue weighted by molar-refractivity contribution is 5.89. The van der Waals surface area contributed by atoms with Gasteiger partial charge in [0.25, 0.3) is 5.56 Å². The van der Waals surface area contributed by atoms with Crippen molar-refractivity contribution >= 4 is 11.7 Å². The Labute approximate surface area is 103 Å². The fourth-order valence-electron chi connectivity index (χ4n) is 1.42. The predicted octanol–water partition coefficient (Wildman–Crippen LogP) is 1.19. The number of hydrogen-bond donors (Lipinski definition) is 3. The van der Waals surface area contributed by atoms with Crippen LogP contribution in [-0.4, -0.2) is 23.3 Å². The van der Waals surface area contributed by atoms with Gasteiger partial charge in [0, 0.05) is 24.4 Å². The Kier molecular flexibility index (Phi) is 3.38. The molecule has 0 aliphatic carbocycles. The molecule has 0 spiro atoms. The molecule has 0 saturated heterocycles. The molecule has 6 heteroatoms. The number of carbonyl (C=O) groups is 1. The molecule has 0 atom stereocenters. The molecule has 0 aliphatic rings. The van der Waals surface area contributed by atoms with Crippen LogP contribution in [0.2, 0.25) is 0 Å². The second-order valence-electron chi connectivity index (χ2n) is 3.59. The van der Waals surface area contributed by atoms with Crippen LogP contribution in [0.1, 0.15) is 0 Å². The van der Waals surface area contributed by atoms with E-state index in [0.717, 1.165) is 5.56 Å². The maximum absolute atomic E-state index is 11.1. The summed E-state index contributed by atoms with van der Waals surface area (Å²) in [5.41, 5.74) is 1.97.